The van der Waals surface area contributed by atoms with Crippen LogP contribution in [0, 0.1) is 5.82 Å². The van der Waals surface area contributed by atoms with Crippen molar-refractivity contribution in [1.29, 1.82) is 0 Å². The third kappa shape index (κ3) is 4.26. The molecule has 1 unspecified atom stereocenters. The van der Waals surface area contributed by atoms with Crippen LogP contribution in [0.2, 0.25) is 5.02 Å². The fourth-order valence-corrected chi connectivity index (χ4v) is 3.17. The normalized spacial score (nSPS) is 18.0. The van der Waals surface area contributed by atoms with E-state index in [-0.39, 0.29) is 12.4 Å². The van der Waals surface area contributed by atoms with Gasteiger partial charge in [0.1, 0.15) is 18.2 Å². The molecule has 1 fully saturated rings. The molecule has 3 nitrogen and oxygen atoms in total. The summed E-state index contributed by atoms with van der Waals surface area (Å²) in [7, 11) is 1.76. The Morgan fingerprint density at radius 1 is 1.25 bits per heavy atom. The predicted molar refractivity (Wildman–Crippen MR) is 92.9 cm³/mol. The van der Waals surface area contributed by atoms with Gasteiger partial charge in [-0.3, -0.25) is 4.90 Å². The van der Waals surface area contributed by atoms with Gasteiger partial charge in [0.15, 0.2) is 0 Å². The Hall–Kier alpha value is -1.62. The van der Waals surface area contributed by atoms with Gasteiger partial charge in [0.25, 0.3) is 0 Å². The Morgan fingerprint density at radius 2 is 2.08 bits per heavy atom. The molecule has 0 amide bonds. The summed E-state index contributed by atoms with van der Waals surface area (Å²) in [6, 6.07) is 12.5. The number of hydrogen-bond donors (Lipinski definition) is 0. The molecule has 0 spiro atoms. The predicted octanol–water partition coefficient (Wildman–Crippen LogP) is 4.28. The van der Waals surface area contributed by atoms with E-state index in [1.807, 2.05) is 18.2 Å². The molecule has 2 aromatic carbocycles. The minimum Gasteiger partial charge on any atom is -0.489 e. The molecule has 5 heteroatoms. The summed E-state index contributed by atoms with van der Waals surface area (Å²) in [4.78, 5) is 2.36. The van der Waals surface area contributed by atoms with E-state index in [0.717, 1.165) is 26.1 Å². The lowest BCUT2D eigenvalue weighted by atomic mass is 10.2. The smallest absolute Gasteiger partial charge is 0.131 e. The first kappa shape index (κ1) is 17.2. The van der Waals surface area contributed by atoms with Crippen molar-refractivity contribution in [3.8, 4) is 5.75 Å². The van der Waals surface area contributed by atoms with Crippen LogP contribution < -0.4 is 4.74 Å². The fourth-order valence-electron chi connectivity index (χ4n) is 2.95. The Balaban J connectivity index is 1.61. The van der Waals surface area contributed by atoms with Crippen LogP contribution in [-0.4, -0.2) is 31.2 Å². The largest absolute Gasteiger partial charge is 0.489 e. The summed E-state index contributed by atoms with van der Waals surface area (Å²) >= 11 is 6.03. The van der Waals surface area contributed by atoms with Crippen molar-refractivity contribution in [2.75, 3.05) is 20.2 Å². The van der Waals surface area contributed by atoms with Gasteiger partial charge in [-0.1, -0.05) is 29.8 Å². The minimum absolute atomic E-state index is 0.115. The third-order valence-corrected chi connectivity index (χ3v) is 4.67. The average molecular weight is 350 g/mol. The highest BCUT2D eigenvalue weighted by molar-refractivity contribution is 6.31. The summed E-state index contributed by atoms with van der Waals surface area (Å²) in [5, 5.41) is 0.383. The number of hydrogen-bond acceptors (Lipinski definition) is 3. The highest BCUT2D eigenvalue weighted by atomic mass is 35.5. The van der Waals surface area contributed by atoms with E-state index in [4.69, 9.17) is 21.1 Å². The molecule has 3 rings (SSSR count). The second-order valence-electron chi connectivity index (χ2n) is 6.02. The maximum Gasteiger partial charge on any atom is 0.131 e. The number of benzene rings is 2. The van der Waals surface area contributed by atoms with Crippen molar-refractivity contribution in [3.05, 3.63) is 64.4 Å². The zero-order chi connectivity index (χ0) is 16.9. The van der Waals surface area contributed by atoms with Gasteiger partial charge >= 0.3 is 0 Å². The zero-order valence-corrected chi connectivity index (χ0v) is 14.4. The Labute approximate surface area is 146 Å². The Morgan fingerprint density at radius 3 is 2.83 bits per heavy atom. The molecule has 0 bridgehead atoms. The van der Waals surface area contributed by atoms with Gasteiger partial charge in [0, 0.05) is 32.3 Å². The van der Waals surface area contributed by atoms with Crippen LogP contribution in [0.25, 0.3) is 0 Å². The number of rotatable bonds is 6. The van der Waals surface area contributed by atoms with Crippen molar-refractivity contribution in [2.45, 2.75) is 25.7 Å². The third-order valence-electron chi connectivity index (χ3n) is 4.31. The van der Waals surface area contributed by atoms with Crippen LogP contribution in [0.15, 0.2) is 42.5 Å². The van der Waals surface area contributed by atoms with Crippen LogP contribution >= 0.6 is 11.6 Å². The van der Waals surface area contributed by atoms with Crippen molar-refractivity contribution >= 4 is 11.6 Å². The summed E-state index contributed by atoms with van der Waals surface area (Å²) in [6.45, 7) is 2.96. The molecule has 1 atom stereocenters. The summed E-state index contributed by atoms with van der Waals surface area (Å²) in [5.41, 5.74) is 1.55. The van der Waals surface area contributed by atoms with Gasteiger partial charge in [0.05, 0.1) is 11.1 Å². The van der Waals surface area contributed by atoms with Crippen molar-refractivity contribution in [1.82, 2.24) is 4.90 Å². The molecule has 2 aromatic rings. The molecule has 1 aliphatic rings. The van der Waals surface area contributed by atoms with Gasteiger partial charge in [0.2, 0.25) is 0 Å². The summed E-state index contributed by atoms with van der Waals surface area (Å²) < 4.78 is 24.9. The van der Waals surface area contributed by atoms with Gasteiger partial charge < -0.3 is 9.47 Å². The summed E-state index contributed by atoms with van der Waals surface area (Å²) in [6.07, 6.45) is 1.39. The van der Waals surface area contributed by atoms with Gasteiger partial charge in [-0.2, -0.15) is 0 Å². The molecule has 0 radical (unpaired) electrons. The van der Waals surface area contributed by atoms with Crippen LogP contribution in [0.1, 0.15) is 17.5 Å². The number of ether oxygens (including phenoxy) is 2. The van der Waals surface area contributed by atoms with E-state index in [2.05, 4.69) is 11.0 Å². The van der Waals surface area contributed by atoms with E-state index >= 15 is 0 Å². The second kappa shape index (κ2) is 7.97. The zero-order valence-electron chi connectivity index (χ0n) is 13.7. The van der Waals surface area contributed by atoms with Crippen molar-refractivity contribution < 1.29 is 13.9 Å². The minimum atomic E-state index is -0.346. The number of halogens is 2. The Kier molecular flexibility index (Phi) is 5.72. The molecule has 0 saturated carbocycles. The van der Waals surface area contributed by atoms with Crippen LogP contribution in [-0.2, 0) is 17.9 Å². The molecule has 128 valence electrons. The fraction of sp³-hybridized carbons (Fsp3) is 0.368. The van der Waals surface area contributed by atoms with Crippen LogP contribution in [0.3, 0.4) is 0 Å². The van der Waals surface area contributed by atoms with Crippen LogP contribution in [0.5, 0.6) is 5.75 Å². The average Bonchev–Trinajstić information content (AvgIpc) is 3.02. The monoisotopic (exact) mass is 349 g/mol. The van der Waals surface area contributed by atoms with Gasteiger partial charge in [-0.25, -0.2) is 4.39 Å². The van der Waals surface area contributed by atoms with E-state index < -0.39 is 0 Å². The summed E-state index contributed by atoms with van der Waals surface area (Å²) in [5.74, 6) is 0.371. The maximum atomic E-state index is 13.8. The highest BCUT2D eigenvalue weighted by Gasteiger charge is 2.21. The lowest BCUT2D eigenvalue weighted by Gasteiger charge is -2.16. The van der Waals surface area contributed by atoms with Crippen LogP contribution in [0.4, 0.5) is 4.39 Å². The molecular weight excluding hydrogens is 329 g/mol. The molecule has 0 aliphatic carbocycles. The first-order chi connectivity index (χ1) is 11.7. The molecule has 0 N–H and O–H groups in total. The Bertz CT molecular complexity index is 675. The van der Waals surface area contributed by atoms with E-state index in [1.54, 1.807) is 19.2 Å². The lowest BCUT2D eigenvalue weighted by molar-refractivity contribution is 0.107. The first-order valence-electron chi connectivity index (χ1n) is 8.05. The number of likely N-dealkylation sites (tertiary alicyclic amines) is 1. The molecule has 1 heterocycles. The van der Waals surface area contributed by atoms with Gasteiger partial charge in [-0.15, -0.1) is 0 Å². The SMILES string of the molecule is COC1CCN(Cc2cccc(OCc3c(F)cccc3Cl)c2)C1. The molecular formula is C19H21ClFNO2. The van der Waals surface area contributed by atoms with E-state index in [0.29, 0.717) is 22.4 Å². The van der Waals surface area contributed by atoms with E-state index in [1.165, 1.54) is 11.6 Å². The van der Waals surface area contributed by atoms with E-state index in [9.17, 15) is 4.39 Å². The molecule has 1 aliphatic heterocycles. The molecule has 0 aromatic heterocycles. The standard InChI is InChI=1S/C19H21ClFNO2/c1-23-16-8-9-22(12-16)11-14-4-2-5-15(10-14)24-13-17-18(20)6-3-7-19(17)21/h2-7,10,16H,8-9,11-13H2,1H3. The molecule has 24 heavy (non-hydrogen) atoms. The number of methoxy groups -OCH3 is 1. The highest BCUT2D eigenvalue weighted by Crippen LogP contribution is 2.23. The van der Waals surface area contributed by atoms with Crippen molar-refractivity contribution in [3.63, 3.8) is 0 Å². The molecule has 1 saturated heterocycles. The lowest BCUT2D eigenvalue weighted by Crippen LogP contribution is -2.22. The topological polar surface area (TPSA) is 21.7 Å². The maximum absolute atomic E-state index is 13.8. The number of nitrogens with zero attached hydrogens (tertiary/aromatic N) is 1. The first-order valence-corrected chi connectivity index (χ1v) is 8.43. The second-order valence-corrected chi connectivity index (χ2v) is 6.42. The van der Waals surface area contributed by atoms with Gasteiger partial charge in [-0.05, 0) is 36.2 Å². The van der Waals surface area contributed by atoms with Crippen molar-refractivity contribution in [2.24, 2.45) is 0 Å². The quantitative estimate of drug-likeness (QED) is 0.777.